The molecule has 2 heterocycles. The fourth-order valence-electron chi connectivity index (χ4n) is 2.16. The molecule has 0 aromatic heterocycles. The molecule has 0 spiro atoms. The van der Waals surface area contributed by atoms with Crippen LogP contribution in [0, 0.1) is 23.3 Å². The molecule has 3 atom stereocenters. The topological polar surface area (TPSA) is 66.6 Å². The lowest BCUT2D eigenvalue weighted by atomic mass is 9.93. The Hall–Kier alpha value is -1.12. The van der Waals surface area contributed by atoms with Crippen molar-refractivity contribution in [3.05, 3.63) is 0 Å². The number of aliphatic imine (C=N–C) groups is 1. The lowest BCUT2D eigenvalue weighted by Crippen LogP contribution is -2.31. The zero-order valence-corrected chi connectivity index (χ0v) is 8.77. The van der Waals surface area contributed by atoms with Crippen LogP contribution < -0.4 is 5.32 Å². The normalized spacial score (nSPS) is 34.9. The van der Waals surface area contributed by atoms with Crippen LogP contribution in [0.4, 0.5) is 0 Å². The minimum Gasteiger partial charge on any atom is -0.373 e. The Morgan fingerprint density at radius 3 is 3.27 bits per heavy atom. The number of hydrogen-bond acceptors (Lipinski definition) is 4. The van der Waals surface area contributed by atoms with Crippen LogP contribution in [0.15, 0.2) is 4.99 Å². The summed E-state index contributed by atoms with van der Waals surface area (Å²) in [5, 5.41) is 11.5. The van der Waals surface area contributed by atoms with Crippen molar-refractivity contribution >= 4 is 5.84 Å². The molecule has 2 saturated heterocycles. The Balaban J connectivity index is 1.81. The van der Waals surface area contributed by atoms with Crippen molar-refractivity contribution in [2.75, 3.05) is 19.8 Å². The van der Waals surface area contributed by atoms with E-state index in [1.807, 2.05) is 0 Å². The number of fused-ring (bicyclic) bond motifs is 1. The molecule has 0 aromatic rings. The van der Waals surface area contributed by atoms with Crippen molar-refractivity contribution < 1.29 is 9.47 Å². The van der Waals surface area contributed by atoms with Crippen LogP contribution in [-0.2, 0) is 9.47 Å². The summed E-state index contributed by atoms with van der Waals surface area (Å²) in [7, 11) is 0. The third-order valence-electron chi connectivity index (χ3n) is 3.00. The van der Waals surface area contributed by atoms with Crippen molar-refractivity contribution in [2.24, 2.45) is 16.8 Å². The largest absolute Gasteiger partial charge is 0.373 e. The predicted octanol–water partition coefficient (Wildman–Crippen LogP) is 0.484. The van der Waals surface area contributed by atoms with Crippen molar-refractivity contribution in [3.63, 3.8) is 0 Å². The lowest BCUT2D eigenvalue weighted by Gasteiger charge is -2.15. The molecule has 0 aromatic carbocycles. The van der Waals surface area contributed by atoms with Gasteiger partial charge < -0.3 is 14.8 Å². The third-order valence-corrected chi connectivity index (χ3v) is 3.00. The highest BCUT2D eigenvalue weighted by atomic mass is 16.7. The second kappa shape index (κ2) is 4.60. The number of hydrogen-bond donors (Lipinski definition) is 1. The molecule has 0 saturated carbocycles. The quantitative estimate of drug-likeness (QED) is 0.408. The summed E-state index contributed by atoms with van der Waals surface area (Å²) in [6.45, 7) is 4.14. The van der Waals surface area contributed by atoms with Crippen LogP contribution in [-0.4, -0.2) is 31.9 Å². The minimum atomic E-state index is 0.00464. The summed E-state index contributed by atoms with van der Waals surface area (Å²) in [5.41, 5.74) is 0. The van der Waals surface area contributed by atoms with Crippen LogP contribution in [0.3, 0.4) is 0 Å². The molecule has 5 heteroatoms. The molecule has 2 aliphatic rings. The van der Waals surface area contributed by atoms with E-state index >= 15 is 0 Å². The molecular formula is C10H15N3O2. The van der Waals surface area contributed by atoms with E-state index in [0.29, 0.717) is 17.7 Å². The first-order valence-electron chi connectivity index (χ1n) is 5.21. The number of ether oxygens (including phenoxy) is 2. The van der Waals surface area contributed by atoms with E-state index in [2.05, 4.69) is 10.3 Å². The van der Waals surface area contributed by atoms with Gasteiger partial charge in [-0.15, -0.1) is 0 Å². The fraction of sp³-hybridized carbons (Fsp3) is 0.800. The van der Waals surface area contributed by atoms with Gasteiger partial charge in [-0.05, 0) is 13.3 Å². The van der Waals surface area contributed by atoms with E-state index in [9.17, 15) is 0 Å². The van der Waals surface area contributed by atoms with E-state index in [1.165, 1.54) is 0 Å². The van der Waals surface area contributed by atoms with Gasteiger partial charge >= 0.3 is 0 Å². The fourth-order valence-corrected chi connectivity index (χ4v) is 2.16. The molecule has 0 bridgehead atoms. The first kappa shape index (κ1) is 10.4. The highest BCUT2D eigenvalue weighted by Crippen LogP contribution is 2.34. The monoisotopic (exact) mass is 209 g/mol. The molecule has 0 radical (unpaired) electrons. The maximum atomic E-state index is 8.36. The Morgan fingerprint density at radius 1 is 1.60 bits per heavy atom. The van der Waals surface area contributed by atoms with Crippen LogP contribution in [0.2, 0.25) is 0 Å². The number of amidine groups is 1. The average Bonchev–Trinajstić information content (AvgIpc) is 2.77. The van der Waals surface area contributed by atoms with Gasteiger partial charge in [-0.1, -0.05) is 0 Å². The van der Waals surface area contributed by atoms with Gasteiger partial charge in [0, 0.05) is 18.4 Å². The van der Waals surface area contributed by atoms with Gasteiger partial charge in [-0.2, -0.15) is 10.3 Å². The van der Waals surface area contributed by atoms with Crippen LogP contribution in [0.1, 0.15) is 13.3 Å². The highest BCUT2D eigenvalue weighted by Gasteiger charge is 2.41. The van der Waals surface area contributed by atoms with E-state index in [1.54, 1.807) is 13.1 Å². The average molecular weight is 209 g/mol. The number of nitrogens with zero attached hydrogens (tertiary/aromatic N) is 2. The number of rotatable bonds is 2. The molecule has 1 N–H and O–H groups in total. The molecule has 5 nitrogen and oxygen atoms in total. The van der Waals surface area contributed by atoms with Crippen LogP contribution in [0.25, 0.3) is 0 Å². The summed E-state index contributed by atoms with van der Waals surface area (Å²) in [6, 6.07) is 0. The molecule has 0 unspecified atom stereocenters. The van der Waals surface area contributed by atoms with E-state index in [-0.39, 0.29) is 6.29 Å². The second-order valence-corrected chi connectivity index (χ2v) is 3.96. The summed E-state index contributed by atoms with van der Waals surface area (Å²) >= 11 is 0. The molecule has 0 amide bonds. The van der Waals surface area contributed by atoms with Crippen LogP contribution in [0.5, 0.6) is 0 Å². The van der Waals surface area contributed by atoms with E-state index in [4.69, 9.17) is 14.7 Å². The van der Waals surface area contributed by atoms with E-state index in [0.717, 1.165) is 26.2 Å². The van der Waals surface area contributed by atoms with Gasteiger partial charge in [0.05, 0.1) is 13.2 Å². The maximum absolute atomic E-state index is 8.36. The van der Waals surface area contributed by atoms with Gasteiger partial charge in [0.2, 0.25) is 6.19 Å². The second-order valence-electron chi connectivity index (χ2n) is 3.96. The predicted molar refractivity (Wildman–Crippen MR) is 54.0 cm³/mol. The number of nitrogens with one attached hydrogen (secondary N) is 1. The summed E-state index contributed by atoms with van der Waals surface area (Å²) in [5.74, 6) is 1.65. The molecule has 2 rings (SSSR count). The van der Waals surface area contributed by atoms with Crippen molar-refractivity contribution in [2.45, 2.75) is 19.6 Å². The molecule has 0 aliphatic carbocycles. The van der Waals surface area contributed by atoms with Gasteiger partial charge in [0.1, 0.15) is 5.84 Å². The van der Waals surface area contributed by atoms with Gasteiger partial charge in [-0.25, -0.2) is 0 Å². The molecule has 82 valence electrons. The summed E-state index contributed by atoms with van der Waals surface area (Å²) < 4.78 is 10.9. The first-order valence-corrected chi connectivity index (χ1v) is 5.21. The zero-order valence-electron chi connectivity index (χ0n) is 8.77. The Bertz CT molecular complexity index is 298. The van der Waals surface area contributed by atoms with Crippen molar-refractivity contribution in [3.8, 4) is 6.19 Å². The Kier molecular flexibility index (Phi) is 3.19. The van der Waals surface area contributed by atoms with Crippen molar-refractivity contribution in [1.82, 2.24) is 5.32 Å². The maximum Gasteiger partial charge on any atom is 0.207 e. The molecule has 2 aliphatic heterocycles. The van der Waals surface area contributed by atoms with E-state index < -0.39 is 0 Å². The van der Waals surface area contributed by atoms with Gasteiger partial charge in [-0.3, -0.25) is 0 Å². The van der Waals surface area contributed by atoms with Crippen molar-refractivity contribution in [1.29, 1.82) is 5.26 Å². The summed E-state index contributed by atoms with van der Waals surface area (Å²) in [4.78, 5) is 3.61. The zero-order chi connectivity index (χ0) is 10.7. The lowest BCUT2D eigenvalue weighted by molar-refractivity contribution is -0.0905. The van der Waals surface area contributed by atoms with Gasteiger partial charge in [0.25, 0.3) is 0 Å². The summed E-state index contributed by atoms with van der Waals surface area (Å²) in [6.07, 6.45) is 2.84. The standard InChI is InChI=1S/C10H15N3O2/c1-7(13-6-11)12-4-8-5-15-10-9(8)2-3-14-10/h8-10H,2-5H2,1H3,(H,12,13)/t8-,9-,10+/m0/s1. The van der Waals surface area contributed by atoms with Gasteiger partial charge in [0.15, 0.2) is 6.29 Å². The molecule has 2 fully saturated rings. The Morgan fingerprint density at radius 2 is 2.47 bits per heavy atom. The minimum absolute atomic E-state index is 0.00464. The Labute approximate surface area is 89.1 Å². The first-order chi connectivity index (χ1) is 7.31. The molecule has 15 heavy (non-hydrogen) atoms. The smallest absolute Gasteiger partial charge is 0.207 e. The van der Waals surface area contributed by atoms with Crippen LogP contribution >= 0.6 is 0 Å². The highest BCUT2D eigenvalue weighted by molar-refractivity contribution is 5.80. The SMILES string of the molecule is C/C(=N\C#N)NC[C@H]1CO[C@H]2OCC[C@@H]12. The molecular weight excluding hydrogens is 194 g/mol. The third kappa shape index (κ3) is 2.28. The number of nitriles is 1.